The maximum Gasteiger partial charge on any atom is 0.264 e. The number of benzene rings is 2. The van der Waals surface area contributed by atoms with Crippen LogP contribution in [-0.2, 0) is 16.9 Å². The Morgan fingerprint density at radius 3 is 2.58 bits per heavy atom. The topological polar surface area (TPSA) is 40.5 Å². The van der Waals surface area contributed by atoms with E-state index in [0.29, 0.717) is 6.54 Å². The third-order valence-corrected chi connectivity index (χ3v) is 5.15. The maximum absolute atomic E-state index is 13.2. The van der Waals surface area contributed by atoms with Gasteiger partial charge < -0.3 is 10.0 Å². The fourth-order valence-corrected chi connectivity index (χ4v) is 3.90. The predicted molar refractivity (Wildman–Crippen MR) is 94.5 cm³/mol. The molecule has 0 spiro atoms. The van der Waals surface area contributed by atoms with Crippen LogP contribution >= 0.6 is 0 Å². The van der Waals surface area contributed by atoms with Gasteiger partial charge in [-0.25, -0.2) is 0 Å². The van der Waals surface area contributed by atoms with Crippen molar-refractivity contribution in [3.63, 3.8) is 0 Å². The predicted octanol–water partition coefficient (Wildman–Crippen LogP) is 3.78. The molecule has 4 rings (SSSR count). The second-order valence-corrected chi connectivity index (χ2v) is 6.63. The average molecular weight is 319 g/mol. The number of anilines is 1. The van der Waals surface area contributed by atoms with Crippen molar-refractivity contribution in [2.24, 2.45) is 5.92 Å². The van der Waals surface area contributed by atoms with E-state index in [1.54, 1.807) is 4.90 Å². The van der Waals surface area contributed by atoms with E-state index in [9.17, 15) is 9.90 Å². The Bertz CT molecular complexity index is 783. The standard InChI is InChI=1S/C21H21NO2/c23-20-21(24,17-11-5-2-6-12-17)18-13-7-8-14-19(18)22(20)15-16-9-3-1-4-10-16/h1,3-5,7-11,13-14,17,24H,2,6,12,15H2/t17-,21-/m1/s1. The zero-order chi connectivity index (χ0) is 16.6. The molecule has 1 aliphatic carbocycles. The highest BCUT2D eigenvalue weighted by Gasteiger charge is 2.53. The molecule has 2 aromatic rings. The van der Waals surface area contributed by atoms with Gasteiger partial charge in [0.05, 0.1) is 12.2 Å². The van der Waals surface area contributed by atoms with Crippen LogP contribution in [0.1, 0.15) is 30.4 Å². The summed E-state index contributed by atoms with van der Waals surface area (Å²) in [5.41, 5.74) is 1.18. The Morgan fingerprint density at radius 2 is 1.83 bits per heavy atom. The molecule has 2 atom stereocenters. The van der Waals surface area contributed by atoms with Crippen LogP contribution < -0.4 is 4.90 Å². The molecule has 0 fully saturated rings. The molecule has 3 heteroatoms. The van der Waals surface area contributed by atoms with Crippen molar-refractivity contribution in [3.8, 4) is 0 Å². The summed E-state index contributed by atoms with van der Waals surface area (Å²) in [7, 11) is 0. The summed E-state index contributed by atoms with van der Waals surface area (Å²) in [6.45, 7) is 0.482. The molecule has 0 bridgehead atoms. The molecule has 0 saturated carbocycles. The van der Waals surface area contributed by atoms with Crippen molar-refractivity contribution in [2.75, 3.05) is 4.90 Å². The van der Waals surface area contributed by atoms with Gasteiger partial charge in [0.1, 0.15) is 0 Å². The Balaban J connectivity index is 1.76. The molecular formula is C21H21NO2. The van der Waals surface area contributed by atoms with E-state index >= 15 is 0 Å². The van der Waals surface area contributed by atoms with Crippen LogP contribution in [0, 0.1) is 5.92 Å². The van der Waals surface area contributed by atoms with Crippen LogP contribution in [0.25, 0.3) is 0 Å². The van der Waals surface area contributed by atoms with Crippen LogP contribution in [0.5, 0.6) is 0 Å². The van der Waals surface area contributed by atoms with Crippen molar-refractivity contribution in [3.05, 3.63) is 77.9 Å². The number of nitrogens with zero attached hydrogens (tertiary/aromatic N) is 1. The highest BCUT2D eigenvalue weighted by atomic mass is 16.3. The van der Waals surface area contributed by atoms with Gasteiger partial charge in [0, 0.05) is 11.5 Å². The largest absolute Gasteiger partial charge is 0.375 e. The fourth-order valence-electron chi connectivity index (χ4n) is 3.90. The summed E-state index contributed by atoms with van der Waals surface area (Å²) in [6.07, 6.45) is 6.98. The Hall–Kier alpha value is -2.39. The number of carbonyl (C=O) groups excluding carboxylic acids is 1. The fraction of sp³-hybridized carbons (Fsp3) is 0.286. The number of aliphatic hydroxyl groups is 1. The van der Waals surface area contributed by atoms with Crippen molar-refractivity contribution >= 4 is 11.6 Å². The van der Waals surface area contributed by atoms with Gasteiger partial charge in [-0.05, 0) is 30.9 Å². The van der Waals surface area contributed by atoms with E-state index in [1.165, 1.54) is 0 Å². The van der Waals surface area contributed by atoms with Crippen LogP contribution in [0.15, 0.2) is 66.7 Å². The molecule has 1 amide bonds. The van der Waals surface area contributed by atoms with Gasteiger partial charge in [-0.3, -0.25) is 4.79 Å². The molecule has 1 N–H and O–H groups in total. The molecule has 0 radical (unpaired) electrons. The number of fused-ring (bicyclic) bond motifs is 1. The Morgan fingerprint density at radius 1 is 1.08 bits per heavy atom. The molecule has 0 unspecified atom stereocenters. The molecule has 122 valence electrons. The molecule has 24 heavy (non-hydrogen) atoms. The number of amides is 1. The monoisotopic (exact) mass is 319 g/mol. The van der Waals surface area contributed by atoms with Crippen molar-refractivity contribution in [1.82, 2.24) is 0 Å². The Kier molecular flexibility index (Phi) is 3.73. The maximum atomic E-state index is 13.2. The summed E-state index contributed by atoms with van der Waals surface area (Å²) < 4.78 is 0. The average Bonchev–Trinajstić information content (AvgIpc) is 2.87. The first-order valence-corrected chi connectivity index (χ1v) is 8.55. The van der Waals surface area contributed by atoms with E-state index in [1.807, 2.05) is 60.7 Å². The quantitative estimate of drug-likeness (QED) is 0.875. The molecule has 0 aromatic heterocycles. The van der Waals surface area contributed by atoms with Gasteiger partial charge in [0.25, 0.3) is 5.91 Å². The summed E-state index contributed by atoms with van der Waals surface area (Å²) in [5, 5.41) is 11.4. The molecule has 1 heterocycles. The molecule has 3 nitrogen and oxygen atoms in total. The van der Waals surface area contributed by atoms with E-state index in [2.05, 4.69) is 6.08 Å². The number of carbonyl (C=O) groups is 1. The highest BCUT2D eigenvalue weighted by Crippen LogP contribution is 2.47. The summed E-state index contributed by atoms with van der Waals surface area (Å²) >= 11 is 0. The molecule has 2 aliphatic rings. The SMILES string of the molecule is O=C1N(Cc2ccccc2)c2ccccc2[C@]1(O)[C@@H]1C=CCCC1. The van der Waals surface area contributed by atoms with Crippen molar-refractivity contribution in [2.45, 2.75) is 31.4 Å². The minimum Gasteiger partial charge on any atom is -0.375 e. The smallest absolute Gasteiger partial charge is 0.264 e. The number of rotatable bonds is 3. The van der Waals surface area contributed by atoms with E-state index in [0.717, 1.165) is 36.1 Å². The third kappa shape index (κ3) is 2.28. The highest BCUT2D eigenvalue weighted by molar-refractivity contribution is 6.07. The first-order chi connectivity index (χ1) is 11.7. The zero-order valence-corrected chi connectivity index (χ0v) is 13.6. The minimum atomic E-state index is -1.44. The third-order valence-electron chi connectivity index (χ3n) is 5.15. The van der Waals surface area contributed by atoms with Gasteiger partial charge in [0.15, 0.2) is 5.60 Å². The minimum absolute atomic E-state index is 0.152. The second-order valence-electron chi connectivity index (χ2n) is 6.63. The first-order valence-electron chi connectivity index (χ1n) is 8.55. The zero-order valence-electron chi connectivity index (χ0n) is 13.6. The number of hydrogen-bond acceptors (Lipinski definition) is 2. The molecule has 0 saturated heterocycles. The number of allylic oxidation sites excluding steroid dienone is 1. The molecular weight excluding hydrogens is 298 g/mol. The summed E-state index contributed by atoms with van der Waals surface area (Å²) in [5.74, 6) is -0.357. The van der Waals surface area contributed by atoms with Gasteiger partial charge in [-0.1, -0.05) is 60.7 Å². The number of para-hydroxylation sites is 1. The van der Waals surface area contributed by atoms with E-state index in [4.69, 9.17) is 0 Å². The summed E-state index contributed by atoms with van der Waals surface area (Å²) in [6, 6.07) is 17.6. The molecule has 1 aliphatic heterocycles. The van der Waals surface area contributed by atoms with Gasteiger partial charge in [-0.2, -0.15) is 0 Å². The van der Waals surface area contributed by atoms with Crippen molar-refractivity contribution in [1.29, 1.82) is 0 Å². The van der Waals surface area contributed by atoms with E-state index < -0.39 is 5.60 Å². The first kappa shape index (κ1) is 15.2. The lowest BCUT2D eigenvalue weighted by Gasteiger charge is -2.31. The van der Waals surface area contributed by atoms with E-state index in [-0.39, 0.29) is 11.8 Å². The second kappa shape index (κ2) is 5.91. The van der Waals surface area contributed by atoms with Crippen LogP contribution in [0.2, 0.25) is 0 Å². The lowest BCUT2D eigenvalue weighted by Crippen LogP contribution is -2.45. The van der Waals surface area contributed by atoms with Gasteiger partial charge in [-0.15, -0.1) is 0 Å². The van der Waals surface area contributed by atoms with Crippen LogP contribution in [0.4, 0.5) is 5.69 Å². The lowest BCUT2D eigenvalue weighted by molar-refractivity contribution is -0.140. The lowest BCUT2D eigenvalue weighted by atomic mass is 9.77. The van der Waals surface area contributed by atoms with Crippen LogP contribution in [0.3, 0.4) is 0 Å². The van der Waals surface area contributed by atoms with Gasteiger partial charge >= 0.3 is 0 Å². The van der Waals surface area contributed by atoms with Crippen LogP contribution in [-0.4, -0.2) is 11.0 Å². The van der Waals surface area contributed by atoms with Gasteiger partial charge in [0.2, 0.25) is 0 Å². The summed E-state index contributed by atoms with van der Waals surface area (Å²) in [4.78, 5) is 15.0. The molecule has 2 aromatic carbocycles. The normalized spacial score (nSPS) is 25.8. The Labute approximate surface area is 142 Å². The van der Waals surface area contributed by atoms with Crippen molar-refractivity contribution < 1.29 is 9.90 Å². The number of hydrogen-bond donors (Lipinski definition) is 1.